The van der Waals surface area contributed by atoms with Crippen LogP contribution in [0.3, 0.4) is 0 Å². The van der Waals surface area contributed by atoms with Gasteiger partial charge in [0.15, 0.2) is 11.6 Å². The molecular weight excluding hydrogens is 451 g/mol. The van der Waals surface area contributed by atoms with Crippen LogP contribution in [-0.2, 0) is 4.79 Å². The average molecular weight is 464 g/mol. The number of aromatic nitrogens is 3. The second-order valence-corrected chi connectivity index (χ2v) is 7.13. The van der Waals surface area contributed by atoms with Gasteiger partial charge in [-0.2, -0.15) is 0 Å². The maximum Gasteiger partial charge on any atom is 0.289 e. The van der Waals surface area contributed by atoms with Crippen LogP contribution in [0.1, 0.15) is 10.6 Å². The lowest BCUT2D eigenvalue weighted by Gasteiger charge is -2.19. The van der Waals surface area contributed by atoms with E-state index >= 15 is 0 Å². The number of pyridine rings is 1. The molecule has 4 rings (SSSR count). The van der Waals surface area contributed by atoms with Crippen LogP contribution in [0, 0.1) is 17.5 Å². The minimum atomic E-state index is -1.18. The first kappa shape index (κ1) is 21.5. The SMILES string of the molecule is CN1C(=O)[C@@H](NC(=O)c2ncc(Cl)c(-c3cc(F)ccc3F)n2)COc2cc(F)cnc21. The van der Waals surface area contributed by atoms with E-state index < -0.39 is 41.1 Å². The molecule has 1 aliphatic rings. The zero-order chi connectivity index (χ0) is 23.0. The summed E-state index contributed by atoms with van der Waals surface area (Å²) in [5, 5.41) is 2.31. The molecule has 1 aliphatic heterocycles. The van der Waals surface area contributed by atoms with E-state index in [2.05, 4.69) is 20.3 Å². The van der Waals surface area contributed by atoms with Gasteiger partial charge < -0.3 is 10.1 Å². The Morgan fingerprint density at radius 3 is 2.75 bits per heavy atom. The van der Waals surface area contributed by atoms with Crippen molar-refractivity contribution in [3.8, 4) is 17.0 Å². The van der Waals surface area contributed by atoms with Crippen LogP contribution >= 0.6 is 11.6 Å². The minimum Gasteiger partial charge on any atom is -0.487 e. The first-order valence-electron chi connectivity index (χ1n) is 9.09. The molecular formula is C20H13ClF3N5O3. The molecule has 0 unspecified atom stereocenters. The number of fused-ring (bicyclic) bond motifs is 1. The molecule has 0 fully saturated rings. The van der Waals surface area contributed by atoms with Crippen LogP contribution in [-0.4, -0.2) is 46.5 Å². The van der Waals surface area contributed by atoms with Crippen molar-refractivity contribution in [2.75, 3.05) is 18.6 Å². The fourth-order valence-electron chi connectivity index (χ4n) is 3.02. The van der Waals surface area contributed by atoms with Crippen molar-refractivity contribution in [2.24, 2.45) is 0 Å². The fourth-order valence-corrected chi connectivity index (χ4v) is 3.22. The van der Waals surface area contributed by atoms with Gasteiger partial charge in [0.2, 0.25) is 5.82 Å². The molecule has 1 N–H and O–H groups in total. The zero-order valence-electron chi connectivity index (χ0n) is 16.3. The van der Waals surface area contributed by atoms with Crippen LogP contribution < -0.4 is 15.0 Å². The van der Waals surface area contributed by atoms with Crippen LogP contribution in [0.15, 0.2) is 36.7 Å². The summed E-state index contributed by atoms with van der Waals surface area (Å²) in [5.74, 6) is -3.97. The normalized spacial score (nSPS) is 15.6. The Morgan fingerprint density at radius 2 is 1.97 bits per heavy atom. The van der Waals surface area contributed by atoms with Gasteiger partial charge in [0, 0.05) is 18.7 Å². The second-order valence-electron chi connectivity index (χ2n) is 6.72. The third-order valence-corrected chi connectivity index (χ3v) is 4.86. The Kier molecular flexibility index (Phi) is 5.66. The van der Waals surface area contributed by atoms with Crippen molar-refractivity contribution < 1.29 is 27.5 Å². The van der Waals surface area contributed by atoms with E-state index in [1.54, 1.807) is 0 Å². The highest BCUT2D eigenvalue weighted by molar-refractivity contribution is 6.33. The number of hydrogen-bond donors (Lipinski definition) is 1. The maximum atomic E-state index is 14.2. The summed E-state index contributed by atoms with van der Waals surface area (Å²) >= 11 is 6.02. The number of anilines is 1. The summed E-state index contributed by atoms with van der Waals surface area (Å²) in [4.78, 5) is 38.1. The number of nitrogens with zero attached hydrogens (tertiary/aromatic N) is 4. The summed E-state index contributed by atoms with van der Waals surface area (Å²) < 4.78 is 46.6. The molecule has 0 spiro atoms. The molecule has 0 radical (unpaired) electrons. The molecule has 1 aromatic carbocycles. The Morgan fingerprint density at radius 1 is 1.19 bits per heavy atom. The molecule has 3 aromatic rings. The molecule has 0 bridgehead atoms. The number of rotatable bonds is 3. The second kappa shape index (κ2) is 8.42. The monoisotopic (exact) mass is 463 g/mol. The Balaban J connectivity index is 1.59. The molecule has 2 amide bonds. The van der Waals surface area contributed by atoms with Crippen LogP contribution in [0.4, 0.5) is 19.0 Å². The Bertz CT molecular complexity index is 1240. The van der Waals surface area contributed by atoms with Crippen molar-refractivity contribution in [2.45, 2.75) is 6.04 Å². The van der Waals surface area contributed by atoms with Crippen molar-refractivity contribution in [3.63, 3.8) is 0 Å². The smallest absolute Gasteiger partial charge is 0.289 e. The number of halogens is 4. The van der Waals surface area contributed by atoms with Gasteiger partial charge in [-0.1, -0.05) is 11.6 Å². The van der Waals surface area contributed by atoms with E-state index in [1.165, 1.54) is 7.05 Å². The van der Waals surface area contributed by atoms with Crippen molar-refractivity contribution in [1.29, 1.82) is 0 Å². The minimum absolute atomic E-state index is 0.0317. The predicted octanol–water partition coefficient (Wildman–Crippen LogP) is 2.76. The van der Waals surface area contributed by atoms with Gasteiger partial charge in [-0.25, -0.2) is 28.1 Å². The molecule has 8 nitrogen and oxygen atoms in total. The zero-order valence-corrected chi connectivity index (χ0v) is 17.0. The summed E-state index contributed by atoms with van der Waals surface area (Å²) in [6, 6.07) is 2.59. The number of benzene rings is 1. The highest BCUT2D eigenvalue weighted by atomic mass is 35.5. The first-order valence-corrected chi connectivity index (χ1v) is 9.47. The molecule has 12 heteroatoms. The van der Waals surface area contributed by atoms with Crippen LogP contribution in [0.5, 0.6) is 5.75 Å². The number of nitrogens with one attached hydrogen (secondary N) is 1. The number of likely N-dealkylation sites (N-methyl/N-ethyl adjacent to an activating group) is 1. The summed E-state index contributed by atoms with van der Waals surface area (Å²) in [7, 11) is 1.39. The van der Waals surface area contributed by atoms with Gasteiger partial charge >= 0.3 is 0 Å². The largest absolute Gasteiger partial charge is 0.487 e. The van der Waals surface area contributed by atoms with E-state index in [4.69, 9.17) is 16.3 Å². The van der Waals surface area contributed by atoms with Gasteiger partial charge in [0.05, 0.1) is 23.1 Å². The lowest BCUT2D eigenvalue weighted by Crippen LogP contribution is -2.49. The Labute approximate surface area is 184 Å². The molecule has 0 aliphatic carbocycles. The predicted molar refractivity (Wildman–Crippen MR) is 107 cm³/mol. The van der Waals surface area contributed by atoms with Crippen molar-refractivity contribution in [1.82, 2.24) is 20.3 Å². The van der Waals surface area contributed by atoms with Crippen molar-refractivity contribution in [3.05, 3.63) is 65.0 Å². The molecule has 0 saturated heterocycles. The van der Waals surface area contributed by atoms with Gasteiger partial charge in [0.1, 0.15) is 30.1 Å². The van der Waals surface area contributed by atoms with Gasteiger partial charge in [0.25, 0.3) is 11.8 Å². The summed E-state index contributed by atoms with van der Waals surface area (Å²) in [6.07, 6.45) is 1.99. The lowest BCUT2D eigenvalue weighted by molar-refractivity contribution is -0.120. The number of carbonyl (C=O) groups is 2. The third-order valence-electron chi connectivity index (χ3n) is 4.59. The van der Waals surface area contributed by atoms with E-state index in [9.17, 15) is 22.8 Å². The van der Waals surface area contributed by atoms with E-state index in [-0.39, 0.29) is 34.5 Å². The average Bonchev–Trinajstić information content (AvgIpc) is 2.87. The maximum absolute atomic E-state index is 14.2. The topological polar surface area (TPSA) is 97.3 Å². The summed E-state index contributed by atoms with van der Waals surface area (Å²) in [6.45, 7) is -0.313. The number of ether oxygens (including phenoxy) is 1. The van der Waals surface area contributed by atoms with Gasteiger partial charge in [-0.3, -0.25) is 14.5 Å². The quantitative estimate of drug-likeness (QED) is 0.641. The Hall–Kier alpha value is -3.73. The standard InChI is InChI=1S/C20H13ClF3N5O3/c1-29-18-15(5-10(23)6-26-18)32-8-14(20(29)31)27-19(30)17-25-7-12(21)16(28-17)11-4-9(22)2-3-13(11)24/h2-7,14H,8H2,1H3,(H,27,30)/t14-/m0/s1. The molecule has 164 valence electrons. The molecule has 1 atom stereocenters. The molecule has 2 aromatic heterocycles. The van der Waals surface area contributed by atoms with Crippen LogP contribution in [0.25, 0.3) is 11.3 Å². The lowest BCUT2D eigenvalue weighted by atomic mass is 10.1. The fraction of sp³-hybridized carbons (Fsp3) is 0.150. The van der Waals surface area contributed by atoms with Crippen LogP contribution in [0.2, 0.25) is 5.02 Å². The summed E-state index contributed by atoms with van der Waals surface area (Å²) in [5.41, 5.74) is -0.458. The highest BCUT2D eigenvalue weighted by Crippen LogP contribution is 2.30. The molecule has 3 heterocycles. The van der Waals surface area contributed by atoms with E-state index in [0.717, 1.165) is 41.6 Å². The number of carbonyl (C=O) groups excluding carboxylic acids is 2. The molecule has 32 heavy (non-hydrogen) atoms. The van der Waals surface area contributed by atoms with E-state index in [1.807, 2.05) is 0 Å². The van der Waals surface area contributed by atoms with E-state index in [0.29, 0.717) is 0 Å². The number of hydrogen-bond acceptors (Lipinski definition) is 6. The number of amides is 2. The molecule has 0 saturated carbocycles. The highest BCUT2D eigenvalue weighted by Gasteiger charge is 2.32. The van der Waals surface area contributed by atoms with Gasteiger partial charge in [-0.05, 0) is 18.2 Å². The van der Waals surface area contributed by atoms with Gasteiger partial charge in [-0.15, -0.1) is 0 Å². The third kappa shape index (κ3) is 4.06. The first-order chi connectivity index (χ1) is 15.2. The van der Waals surface area contributed by atoms with Crippen molar-refractivity contribution >= 4 is 29.2 Å².